The molecule has 0 saturated carbocycles. The van der Waals surface area contributed by atoms with Gasteiger partial charge in [0.1, 0.15) is 12.0 Å². The van der Waals surface area contributed by atoms with Crippen LogP contribution in [0, 0.1) is 0 Å². The lowest BCUT2D eigenvalue weighted by Gasteiger charge is -2.10. The molecule has 26 heavy (non-hydrogen) atoms. The van der Waals surface area contributed by atoms with Crippen molar-refractivity contribution in [1.82, 2.24) is 19.7 Å². The molecule has 0 spiro atoms. The largest absolute Gasteiger partial charge is 0.504 e. The molecule has 2 aromatic heterocycles. The van der Waals surface area contributed by atoms with Gasteiger partial charge in [-0.05, 0) is 13.0 Å². The number of ether oxygens (including phenoxy) is 1. The molecular weight excluding hydrogens is 328 g/mol. The second-order valence-corrected chi connectivity index (χ2v) is 5.92. The van der Waals surface area contributed by atoms with E-state index in [1.807, 2.05) is 50.5 Å². The van der Waals surface area contributed by atoms with Crippen molar-refractivity contribution in [1.29, 1.82) is 0 Å². The number of phenolic OH excluding ortho intramolecular Hbond substituents is 1. The highest BCUT2D eigenvalue weighted by atomic mass is 16.5. The fraction of sp³-hybridized carbons (Fsp3) is 0.150. The van der Waals surface area contributed by atoms with Crippen LogP contribution in [0.4, 0.5) is 0 Å². The topological polar surface area (TPSA) is 73.1 Å². The predicted molar refractivity (Wildman–Crippen MR) is 100 cm³/mol. The SMILES string of the molecule is CCOc1cc2ncnc(-c3cn(C)nc3-c3ccccc3)c2cc1O. The highest BCUT2D eigenvalue weighted by molar-refractivity contribution is 5.97. The molecule has 0 atom stereocenters. The first-order valence-electron chi connectivity index (χ1n) is 8.37. The first-order valence-corrected chi connectivity index (χ1v) is 8.37. The van der Waals surface area contributed by atoms with Crippen LogP contribution >= 0.6 is 0 Å². The van der Waals surface area contributed by atoms with Gasteiger partial charge in [0.2, 0.25) is 0 Å². The van der Waals surface area contributed by atoms with Crippen LogP contribution in [0.5, 0.6) is 11.5 Å². The highest BCUT2D eigenvalue weighted by Gasteiger charge is 2.17. The van der Waals surface area contributed by atoms with E-state index in [4.69, 9.17) is 4.74 Å². The molecule has 0 saturated heterocycles. The van der Waals surface area contributed by atoms with E-state index >= 15 is 0 Å². The summed E-state index contributed by atoms with van der Waals surface area (Å²) in [5.74, 6) is 0.486. The molecule has 130 valence electrons. The summed E-state index contributed by atoms with van der Waals surface area (Å²) < 4.78 is 7.22. The summed E-state index contributed by atoms with van der Waals surface area (Å²) >= 11 is 0. The van der Waals surface area contributed by atoms with Crippen LogP contribution in [0.1, 0.15) is 6.92 Å². The minimum atomic E-state index is 0.0700. The van der Waals surface area contributed by atoms with Crippen LogP contribution in [0.25, 0.3) is 33.4 Å². The maximum Gasteiger partial charge on any atom is 0.163 e. The van der Waals surface area contributed by atoms with Crippen LogP contribution in [0.15, 0.2) is 55.0 Å². The molecule has 0 aliphatic rings. The highest BCUT2D eigenvalue weighted by Crippen LogP contribution is 2.37. The minimum Gasteiger partial charge on any atom is -0.504 e. The Kier molecular flexibility index (Phi) is 4.01. The fourth-order valence-electron chi connectivity index (χ4n) is 3.03. The van der Waals surface area contributed by atoms with E-state index in [1.165, 1.54) is 6.33 Å². The second-order valence-electron chi connectivity index (χ2n) is 5.92. The maximum atomic E-state index is 10.3. The van der Waals surface area contributed by atoms with Gasteiger partial charge in [-0.3, -0.25) is 4.68 Å². The lowest BCUT2D eigenvalue weighted by molar-refractivity contribution is 0.319. The van der Waals surface area contributed by atoms with Gasteiger partial charge in [0.25, 0.3) is 0 Å². The predicted octanol–water partition coefficient (Wildman–Crippen LogP) is 3.80. The number of aryl methyl sites for hydroxylation is 1. The van der Waals surface area contributed by atoms with Crippen LogP contribution < -0.4 is 4.74 Å². The van der Waals surface area contributed by atoms with Crippen LogP contribution in [0.2, 0.25) is 0 Å². The maximum absolute atomic E-state index is 10.3. The summed E-state index contributed by atoms with van der Waals surface area (Å²) in [5.41, 5.74) is 4.15. The summed E-state index contributed by atoms with van der Waals surface area (Å²) in [5, 5.41) is 15.7. The summed E-state index contributed by atoms with van der Waals surface area (Å²) in [7, 11) is 1.88. The molecular formula is C20H18N4O2. The van der Waals surface area contributed by atoms with E-state index < -0.39 is 0 Å². The molecule has 0 unspecified atom stereocenters. The van der Waals surface area contributed by atoms with Gasteiger partial charge in [-0.2, -0.15) is 5.10 Å². The molecule has 0 aliphatic heterocycles. The summed E-state index contributed by atoms with van der Waals surface area (Å²) in [6, 6.07) is 13.3. The van der Waals surface area contributed by atoms with Gasteiger partial charge in [-0.25, -0.2) is 9.97 Å². The van der Waals surface area contributed by atoms with E-state index in [2.05, 4.69) is 15.1 Å². The quantitative estimate of drug-likeness (QED) is 0.608. The van der Waals surface area contributed by atoms with E-state index in [0.717, 1.165) is 27.9 Å². The van der Waals surface area contributed by atoms with Gasteiger partial charge >= 0.3 is 0 Å². The Morgan fingerprint density at radius 3 is 2.65 bits per heavy atom. The molecule has 6 heteroatoms. The van der Waals surface area contributed by atoms with E-state index in [9.17, 15) is 5.11 Å². The van der Waals surface area contributed by atoms with Crippen molar-refractivity contribution in [2.75, 3.05) is 6.61 Å². The molecule has 0 aliphatic carbocycles. The Hall–Kier alpha value is -3.41. The van der Waals surface area contributed by atoms with Gasteiger partial charge in [0, 0.05) is 35.8 Å². The van der Waals surface area contributed by atoms with Crippen molar-refractivity contribution in [2.45, 2.75) is 6.92 Å². The molecule has 4 aromatic rings. The molecule has 2 heterocycles. The van der Waals surface area contributed by atoms with Crippen LogP contribution in [0.3, 0.4) is 0 Å². The number of fused-ring (bicyclic) bond motifs is 1. The van der Waals surface area contributed by atoms with Crippen LogP contribution in [-0.2, 0) is 7.05 Å². The number of phenols is 1. The first-order chi connectivity index (χ1) is 12.7. The average Bonchev–Trinajstić information content (AvgIpc) is 3.04. The molecule has 0 amide bonds. The third-order valence-corrected chi connectivity index (χ3v) is 4.15. The molecule has 6 nitrogen and oxygen atoms in total. The van der Waals surface area contributed by atoms with Crippen molar-refractivity contribution in [3.63, 3.8) is 0 Å². The number of nitrogens with zero attached hydrogens (tertiary/aromatic N) is 4. The Morgan fingerprint density at radius 2 is 1.88 bits per heavy atom. The van der Waals surface area contributed by atoms with E-state index in [0.29, 0.717) is 17.9 Å². The number of aromatic nitrogens is 4. The van der Waals surface area contributed by atoms with Crippen molar-refractivity contribution >= 4 is 10.9 Å². The lowest BCUT2D eigenvalue weighted by atomic mass is 10.0. The van der Waals surface area contributed by atoms with Gasteiger partial charge < -0.3 is 9.84 Å². The van der Waals surface area contributed by atoms with Gasteiger partial charge in [-0.15, -0.1) is 0 Å². The number of hydrogen-bond donors (Lipinski definition) is 1. The number of hydrogen-bond acceptors (Lipinski definition) is 5. The summed E-state index contributed by atoms with van der Waals surface area (Å²) in [4.78, 5) is 8.81. The Morgan fingerprint density at radius 1 is 1.08 bits per heavy atom. The Balaban J connectivity index is 1.95. The molecule has 0 radical (unpaired) electrons. The Labute approximate surface area is 150 Å². The summed E-state index contributed by atoms with van der Waals surface area (Å²) in [6.45, 7) is 2.34. The summed E-state index contributed by atoms with van der Waals surface area (Å²) in [6.07, 6.45) is 3.45. The van der Waals surface area contributed by atoms with Gasteiger partial charge in [-0.1, -0.05) is 30.3 Å². The third kappa shape index (κ3) is 2.75. The minimum absolute atomic E-state index is 0.0700. The first kappa shape index (κ1) is 16.1. The fourth-order valence-corrected chi connectivity index (χ4v) is 3.03. The molecule has 0 fully saturated rings. The number of rotatable bonds is 4. The monoisotopic (exact) mass is 346 g/mol. The number of benzene rings is 2. The van der Waals surface area contributed by atoms with Crippen LogP contribution in [-0.4, -0.2) is 31.5 Å². The van der Waals surface area contributed by atoms with Crippen molar-refractivity contribution in [3.8, 4) is 34.0 Å². The average molecular weight is 346 g/mol. The zero-order valence-electron chi connectivity index (χ0n) is 14.5. The zero-order chi connectivity index (χ0) is 18.1. The third-order valence-electron chi connectivity index (χ3n) is 4.15. The number of aromatic hydroxyl groups is 1. The van der Waals surface area contributed by atoms with Crippen molar-refractivity contribution in [2.24, 2.45) is 7.05 Å². The Bertz CT molecular complexity index is 1070. The smallest absolute Gasteiger partial charge is 0.163 e. The van der Waals surface area contributed by atoms with E-state index in [1.54, 1.807) is 16.8 Å². The standard InChI is InChI=1S/C20H18N4O2/c1-3-26-18-10-16-14(9-17(18)25)20(22-12-21-16)15-11-24(2)23-19(15)13-7-5-4-6-8-13/h4-12,25H,3H2,1-2H3. The second kappa shape index (κ2) is 6.48. The lowest BCUT2D eigenvalue weighted by Crippen LogP contribution is -1.94. The molecule has 4 rings (SSSR count). The zero-order valence-corrected chi connectivity index (χ0v) is 14.5. The van der Waals surface area contributed by atoms with E-state index in [-0.39, 0.29) is 5.75 Å². The van der Waals surface area contributed by atoms with Gasteiger partial charge in [0.05, 0.1) is 17.8 Å². The molecule has 1 N–H and O–H groups in total. The molecule has 2 aromatic carbocycles. The molecule has 0 bridgehead atoms. The van der Waals surface area contributed by atoms with Gasteiger partial charge in [0.15, 0.2) is 11.5 Å². The normalized spacial score (nSPS) is 11.0. The van der Waals surface area contributed by atoms with Crippen molar-refractivity contribution in [3.05, 3.63) is 55.0 Å². The van der Waals surface area contributed by atoms with Crippen molar-refractivity contribution < 1.29 is 9.84 Å².